The number of aromatic hydroxyl groups is 1. The van der Waals surface area contributed by atoms with E-state index in [9.17, 15) is 19.5 Å². The summed E-state index contributed by atoms with van der Waals surface area (Å²) < 4.78 is 0. The van der Waals surface area contributed by atoms with Gasteiger partial charge in [0.1, 0.15) is 5.75 Å². The maximum Gasteiger partial charge on any atom is 0.255 e. The van der Waals surface area contributed by atoms with Gasteiger partial charge in [0.05, 0.1) is 11.6 Å². The van der Waals surface area contributed by atoms with E-state index in [2.05, 4.69) is 5.32 Å². The van der Waals surface area contributed by atoms with Crippen LogP contribution < -0.4 is 5.32 Å². The van der Waals surface area contributed by atoms with Gasteiger partial charge in [-0.2, -0.15) is 0 Å². The van der Waals surface area contributed by atoms with E-state index in [4.69, 9.17) is 11.6 Å². The third kappa shape index (κ3) is 3.80. The van der Waals surface area contributed by atoms with E-state index in [1.54, 1.807) is 24.3 Å². The summed E-state index contributed by atoms with van der Waals surface area (Å²) in [5.74, 6) is -0.772. The molecule has 0 aliphatic carbocycles. The first-order chi connectivity index (χ1) is 11.9. The average Bonchev–Trinajstić information content (AvgIpc) is 2.91. The molecular formula is C18H15ClN2O4. The SMILES string of the molecule is O=C(Nc1ccc(CN2C(=O)CCC2=O)cc1)c1ccc(O)c(Cl)c1. The Balaban J connectivity index is 1.66. The Hall–Kier alpha value is -2.86. The van der Waals surface area contributed by atoms with Crippen LogP contribution >= 0.6 is 11.6 Å². The molecule has 0 saturated carbocycles. The predicted molar refractivity (Wildman–Crippen MR) is 92.3 cm³/mol. The quantitative estimate of drug-likeness (QED) is 0.823. The van der Waals surface area contributed by atoms with E-state index in [1.165, 1.54) is 23.1 Å². The molecule has 0 radical (unpaired) electrons. The van der Waals surface area contributed by atoms with E-state index in [0.29, 0.717) is 11.3 Å². The molecule has 1 saturated heterocycles. The van der Waals surface area contributed by atoms with Crippen molar-refractivity contribution in [1.82, 2.24) is 4.90 Å². The van der Waals surface area contributed by atoms with Gasteiger partial charge in [-0.25, -0.2) is 0 Å². The zero-order valence-corrected chi connectivity index (χ0v) is 13.9. The fourth-order valence-electron chi connectivity index (χ4n) is 2.53. The van der Waals surface area contributed by atoms with Gasteiger partial charge in [-0.05, 0) is 35.9 Å². The number of hydrogen-bond donors (Lipinski definition) is 2. The first-order valence-electron chi connectivity index (χ1n) is 7.66. The highest BCUT2D eigenvalue weighted by Gasteiger charge is 2.28. The predicted octanol–water partition coefficient (Wildman–Crippen LogP) is 2.95. The number of carbonyl (C=O) groups is 3. The Morgan fingerprint density at radius 3 is 2.32 bits per heavy atom. The molecule has 25 heavy (non-hydrogen) atoms. The van der Waals surface area contributed by atoms with Gasteiger partial charge in [-0.1, -0.05) is 23.7 Å². The van der Waals surface area contributed by atoms with Crippen molar-refractivity contribution in [3.8, 4) is 5.75 Å². The molecule has 7 heteroatoms. The van der Waals surface area contributed by atoms with Crippen molar-refractivity contribution in [2.75, 3.05) is 5.32 Å². The van der Waals surface area contributed by atoms with Gasteiger partial charge in [-0.15, -0.1) is 0 Å². The highest BCUT2D eigenvalue weighted by Crippen LogP contribution is 2.24. The van der Waals surface area contributed by atoms with Gasteiger partial charge in [0.15, 0.2) is 0 Å². The summed E-state index contributed by atoms with van der Waals surface area (Å²) in [6.45, 7) is 0.236. The van der Waals surface area contributed by atoms with Crippen LogP contribution in [0.1, 0.15) is 28.8 Å². The van der Waals surface area contributed by atoms with Crippen molar-refractivity contribution in [2.45, 2.75) is 19.4 Å². The van der Waals surface area contributed by atoms with Crippen LogP contribution in [0.25, 0.3) is 0 Å². The number of likely N-dealkylation sites (tertiary alicyclic amines) is 1. The van der Waals surface area contributed by atoms with Crippen LogP contribution in [0.5, 0.6) is 5.75 Å². The minimum absolute atomic E-state index is 0.0893. The fourth-order valence-corrected chi connectivity index (χ4v) is 2.71. The molecule has 0 bridgehead atoms. The molecule has 1 aliphatic heterocycles. The number of carbonyl (C=O) groups excluding carboxylic acids is 3. The lowest BCUT2D eigenvalue weighted by atomic mass is 10.1. The molecule has 2 aromatic rings. The Labute approximate surface area is 149 Å². The maximum atomic E-state index is 12.2. The minimum Gasteiger partial charge on any atom is -0.506 e. The second kappa shape index (κ2) is 6.94. The van der Waals surface area contributed by atoms with Gasteiger partial charge < -0.3 is 10.4 Å². The van der Waals surface area contributed by atoms with Crippen LogP contribution in [0.3, 0.4) is 0 Å². The van der Waals surface area contributed by atoms with Gasteiger partial charge in [0.2, 0.25) is 11.8 Å². The van der Waals surface area contributed by atoms with Gasteiger partial charge >= 0.3 is 0 Å². The number of amides is 3. The molecule has 2 N–H and O–H groups in total. The van der Waals surface area contributed by atoms with Gasteiger partial charge in [0, 0.05) is 24.1 Å². The Morgan fingerprint density at radius 2 is 1.72 bits per heavy atom. The number of hydrogen-bond acceptors (Lipinski definition) is 4. The topological polar surface area (TPSA) is 86.7 Å². The number of nitrogens with one attached hydrogen (secondary N) is 1. The second-order valence-electron chi connectivity index (χ2n) is 5.69. The standard InChI is InChI=1S/C18H15ClN2O4/c19-14-9-12(3-6-15(14)22)18(25)20-13-4-1-11(2-5-13)10-21-16(23)7-8-17(21)24/h1-6,9,22H,7-8,10H2,(H,20,25). The number of benzene rings is 2. The van der Waals surface area contributed by atoms with Crippen molar-refractivity contribution >= 4 is 35.0 Å². The molecular weight excluding hydrogens is 344 g/mol. The molecule has 0 atom stereocenters. The van der Waals surface area contributed by atoms with Crippen LogP contribution in [0.15, 0.2) is 42.5 Å². The Kier molecular flexibility index (Phi) is 4.72. The summed E-state index contributed by atoms with van der Waals surface area (Å²) >= 11 is 5.80. The maximum absolute atomic E-state index is 12.2. The third-order valence-electron chi connectivity index (χ3n) is 3.92. The van der Waals surface area contributed by atoms with Crippen molar-refractivity contribution in [1.29, 1.82) is 0 Å². The summed E-state index contributed by atoms with van der Waals surface area (Å²) in [4.78, 5) is 36.7. The number of halogens is 1. The van der Waals surface area contributed by atoms with Gasteiger partial charge in [0.25, 0.3) is 5.91 Å². The summed E-state index contributed by atoms with van der Waals surface area (Å²) in [6, 6.07) is 11.1. The summed E-state index contributed by atoms with van der Waals surface area (Å²) in [7, 11) is 0. The van der Waals surface area contributed by atoms with Crippen LogP contribution in [-0.2, 0) is 16.1 Å². The molecule has 0 aromatic heterocycles. The molecule has 0 unspecified atom stereocenters. The zero-order chi connectivity index (χ0) is 18.0. The highest BCUT2D eigenvalue weighted by atomic mass is 35.5. The second-order valence-corrected chi connectivity index (χ2v) is 6.10. The lowest BCUT2D eigenvalue weighted by molar-refractivity contribution is -0.139. The van der Waals surface area contributed by atoms with Crippen molar-refractivity contribution < 1.29 is 19.5 Å². The monoisotopic (exact) mass is 358 g/mol. The molecule has 1 heterocycles. The minimum atomic E-state index is -0.362. The van der Waals surface area contributed by atoms with Gasteiger partial charge in [-0.3, -0.25) is 19.3 Å². The Bertz CT molecular complexity index is 833. The smallest absolute Gasteiger partial charge is 0.255 e. The summed E-state index contributed by atoms with van der Waals surface area (Å²) in [5, 5.41) is 12.2. The van der Waals surface area contributed by atoms with Crippen LogP contribution in [-0.4, -0.2) is 27.7 Å². The fraction of sp³-hybridized carbons (Fsp3) is 0.167. The first kappa shape index (κ1) is 17.0. The van der Waals surface area contributed by atoms with Crippen LogP contribution in [0.2, 0.25) is 5.02 Å². The van der Waals surface area contributed by atoms with E-state index in [0.717, 1.165) is 5.56 Å². The molecule has 3 amide bonds. The normalized spacial score (nSPS) is 14.0. The molecule has 128 valence electrons. The largest absolute Gasteiger partial charge is 0.506 e. The van der Waals surface area contributed by atoms with Crippen molar-refractivity contribution in [3.63, 3.8) is 0 Å². The summed E-state index contributed by atoms with van der Waals surface area (Å²) in [6.07, 6.45) is 0.532. The van der Waals surface area contributed by atoms with Crippen molar-refractivity contribution in [2.24, 2.45) is 0 Å². The Morgan fingerprint density at radius 1 is 1.08 bits per heavy atom. The van der Waals surface area contributed by atoms with E-state index in [1.807, 2.05) is 0 Å². The number of rotatable bonds is 4. The zero-order valence-electron chi connectivity index (χ0n) is 13.2. The molecule has 1 aliphatic rings. The number of imide groups is 1. The highest BCUT2D eigenvalue weighted by molar-refractivity contribution is 6.32. The van der Waals surface area contributed by atoms with E-state index < -0.39 is 0 Å². The third-order valence-corrected chi connectivity index (χ3v) is 4.22. The van der Waals surface area contributed by atoms with Crippen LogP contribution in [0, 0.1) is 0 Å². The molecule has 2 aromatic carbocycles. The van der Waals surface area contributed by atoms with Crippen molar-refractivity contribution in [3.05, 3.63) is 58.6 Å². The molecule has 3 rings (SSSR count). The number of anilines is 1. The number of nitrogens with zero attached hydrogens (tertiary/aromatic N) is 1. The van der Waals surface area contributed by atoms with Crippen LogP contribution in [0.4, 0.5) is 5.69 Å². The molecule has 0 spiro atoms. The number of phenolic OH excluding ortho intramolecular Hbond substituents is 1. The first-order valence-corrected chi connectivity index (χ1v) is 8.04. The molecule has 1 fully saturated rings. The average molecular weight is 359 g/mol. The summed E-state index contributed by atoms with van der Waals surface area (Å²) in [5.41, 5.74) is 1.69. The van der Waals surface area contributed by atoms with E-state index in [-0.39, 0.29) is 47.9 Å². The number of phenols is 1. The lowest BCUT2D eigenvalue weighted by Crippen LogP contribution is -2.28. The lowest BCUT2D eigenvalue weighted by Gasteiger charge is -2.14. The molecule has 6 nitrogen and oxygen atoms in total. The van der Waals surface area contributed by atoms with E-state index >= 15 is 0 Å².